The van der Waals surface area contributed by atoms with Gasteiger partial charge in [0.25, 0.3) is 5.91 Å². The number of hydrogen-bond donors (Lipinski definition) is 2. The third kappa shape index (κ3) is 5.84. The summed E-state index contributed by atoms with van der Waals surface area (Å²) in [7, 11) is 0. The maximum Gasteiger partial charge on any atom is 0.285 e. The van der Waals surface area contributed by atoms with Gasteiger partial charge in [0.05, 0.1) is 10.6 Å². The number of carbonyl (C=O) groups excluding carboxylic acids is 1. The SMILES string of the molecule is O=C(NOc1ccc(CCNCc2ccccc2)cc1)c1ccccc1Cl. The molecule has 0 fully saturated rings. The first-order valence-corrected chi connectivity index (χ1v) is 9.15. The van der Waals surface area contributed by atoms with Crippen LogP contribution in [-0.4, -0.2) is 12.5 Å². The summed E-state index contributed by atoms with van der Waals surface area (Å²) in [5, 5.41) is 3.81. The molecular weight excluding hydrogens is 360 g/mol. The fraction of sp³-hybridized carbons (Fsp3) is 0.136. The van der Waals surface area contributed by atoms with E-state index in [1.165, 1.54) is 11.1 Å². The van der Waals surface area contributed by atoms with Crippen molar-refractivity contribution in [3.05, 3.63) is 101 Å². The van der Waals surface area contributed by atoms with E-state index in [4.69, 9.17) is 16.4 Å². The smallest absolute Gasteiger partial charge is 0.285 e. The first kappa shape index (κ1) is 19.0. The zero-order valence-corrected chi connectivity index (χ0v) is 15.6. The van der Waals surface area contributed by atoms with E-state index in [0.717, 1.165) is 19.5 Å². The first-order chi connectivity index (χ1) is 13.2. The molecule has 0 saturated carbocycles. The number of halogens is 1. The van der Waals surface area contributed by atoms with Gasteiger partial charge < -0.3 is 10.2 Å². The van der Waals surface area contributed by atoms with Gasteiger partial charge in [-0.05, 0) is 48.4 Å². The van der Waals surface area contributed by atoms with Crippen LogP contribution in [0.2, 0.25) is 5.02 Å². The lowest BCUT2D eigenvalue weighted by Gasteiger charge is -2.09. The molecule has 0 aromatic heterocycles. The number of amides is 1. The number of nitrogens with one attached hydrogen (secondary N) is 2. The predicted molar refractivity (Wildman–Crippen MR) is 108 cm³/mol. The molecule has 0 atom stereocenters. The molecule has 3 aromatic carbocycles. The van der Waals surface area contributed by atoms with Gasteiger partial charge >= 0.3 is 0 Å². The molecule has 0 spiro atoms. The average Bonchev–Trinajstić information content (AvgIpc) is 2.71. The quantitative estimate of drug-likeness (QED) is 0.450. The van der Waals surface area contributed by atoms with E-state index in [-0.39, 0.29) is 5.91 Å². The number of hydroxylamine groups is 1. The molecule has 0 bridgehead atoms. The minimum absolute atomic E-state index is 0.375. The molecule has 27 heavy (non-hydrogen) atoms. The van der Waals surface area contributed by atoms with Crippen LogP contribution in [0, 0.1) is 0 Å². The Balaban J connectivity index is 1.42. The van der Waals surface area contributed by atoms with Gasteiger partial charge in [-0.1, -0.05) is 66.2 Å². The molecule has 0 unspecified atom stereocenters. The van der Waals surface area contributed by atoms with Gasteiger partial charge in [-0.25, -0.2) is 0 Å². The highest BCUT2D eigenvalue weighted by Gasteiger charge is 2.09. The Morgan fingerprint density at radius 1 is 0.852 bits per heavy atom. The number of rotatable bonds is 8. The molecule has 0 radical (unpaired) electrons. The van der Waals surface area contributed by atoms with Crippen LogP contribution in [0.15, 0.2) is 78.9 Å². The van der Waals surface area contributed by atoms with Crippen LogP contribution in [0.25, 0.3) is 0 Å². The van der Waals surface area contributed by atoms with Gasteiger partial charge in [-0.2, -0.15) is 5.48 Å². The van der Waals surface area contributed by atoms with Crippen molar-refractivity contribution in [2.45, 2.75) is 13.0 Å². The van der Waals surface area contributed by atoms with Crippen LogP contribution in [0.3, 0.4) is 0 Å². The number of carbonyl (C=O) groups is 1. The van der Waals surface area contributed by atoms with Gasteiger partial charge in [0.1, 0.15) is 0 Å². The van der Waals surface area contributed by atoms with Gasteiger partial charge in [0.2, 0.25) is 0 Å². The Morgan fingerprint density at radius 3 is 2.30 bits per heavy atom. The number of benzene rings is 3. The lowest BCUT2D eigenvalue weighted by atomic mass is 10.1. The molecule has 1 amide bonds. The molecular formula is C22H21ClN2O2. The Morgan fingerprint density at radius 2 is 1.56 bits per heavy atom. The highest BCUT2D eigenvalue weighted by atomic mass is 35.5. The van der Waals surface area contributed by atoms with E-state index in [2.05, 4.69) is 22.9 Å². The topological polar surface area (TPSA) is 50.4 Å². The van der Waals surface area contributed by atoms with Crippen molar-refractivity contribution in [1.82, 2.24) is 10.8 Å². The first-order valence-electron chi connectivity index (χ1n) is 8.77. The second kappa shape index (κ2) is 9.76. The minimum Gasteiger partial charge on any atom is -0.379 e. The zero-order chi connectivity index (χ0) is 18.9. The number of hydrogen-bond acceptors (Lipinski definition) is 3. The second-order valence-electron chi connectivity index (χ2n) is 6.07. The van der Waals surface area contributed by atoms with E-state index < -0.39 is 0 Å². The summed E-state index contributed by atoms with van der Waals surface area (Å²) >= 11 is 6.00. The summed E-state index contributed by atoms with van der Waals surface area (Å²) in [4.78, 5) is 17.4. The molecule has 5 heteroatoms. The van der Waals surface area contributed by atoms with Crippen molar-refractivity contribution in [2.24, 2.45) is 0 Å². The molecule has 0 aliphatic rings. The Kier molecular flexibility index (Phi) is 6.85. The van der Waals surface area contributed by atoms with Crippen molar-refractivity contribution in [2.75, 3.05) is 6.54 Å². The van der Waals surface area contributed by atoms with Crippen LogP contribution < -0.4 is 15.6 Å². The van der Waals surface area contributed by atoms with Crippen LogP contribution in [-0.2, 0) is 13.0 Å². The van der Waals surface area contributed by atoms with Crippen molar-refractivity contribution < 1.29 is 9.63 Å². The van der Waals surface area contributed by atoms with Crippen molar-refractivity contribution in [1.29, 1.82) is 0 Å². The fourth-order valence-electron chi connectivity index (χ4n) is 2.59. The molecule has 0 heterocycles. The predicted octanol–water partition coefficient (Wildman–Crippen LogP) is 4.40. The third-order valence-electron chi connectivity index (χ3n) is 4.07. The summed E-state index contributed by atoms with van der Waals surface area (Å²) in [5.74, 6) is 0.186. The van der Waals surface area contributed by atoms with Crippen LogP contribution >= 0.6 is 11.6 Å². The summed E-state index contributed by atoms with van der Waals surface area (Å²) in [6.07, 6.45) is 0.916. The van der Waals surface area contributed by atoms with Gasteiger partial charge in [-0.15, -0.1) is 0 Å². The molecule has 3 rings (SSSR count). The third-order valence-corrected chi connectivity index (χ3v) is 4.40. The largest absolute Gasteiger partial charge is 0.379 e. The molecule has 3 aromatic rings. The maximum atomic E-state index is 12.1. The minimum atomic E-state index is -0.380. The van der Waals surface area contributed by atoms with Crippen molar-refractivity contribution in [3.8, 4) is 5.75 Å². The van der Waals surface area contributed by atoms with E-state index in [1.807, 2.05) is 42.5 Å². The molecule has 2 N–H and O–H groups in total. The van der Waals surface area contributed by atoms with Crippen LogP contribution in [0.5, 0.6) is 5.75 Å². The normalized spacial score (nSPS) is 10.4. The lowest BCUT2D eigenvalue weighted by molar-refractivity contribution is 0.0760. The van der Waals surface area contributed by atoms with Crippen LogP contribution in [0.1, 0.15) is 21.5 Å². The molecule has 0 aliphatic carbocycles. The van der Waals surface area contributed by atoms with E-state index in [9.17, 15) is 4.79 Å². The maximum absolute atomic E-state index is 12.1. The van der Waals surface area contributed by atoms with Gasteiger partial charge in [0, 0.05) is 6.54 Å². The van der Waals surface area contributed by atoms with Gasteiger partial charge in [0.15, 0.2) is 5.75 Å². The molecule has 0 aliphatic heterocycles. The summed E-state index contributed by atoms with van der Waals surface area (Å²) in [6.45, 7) is 1.74. The Labute approximate surface area is 164 Å². The van der Waals surface area contributed by atoms with E-state index in [0.29, 0.717) is 16.3 Å². The highest BCUT2D eigenvalue weighted by molar-refractivity contribution is 6.33. The van der Waals surface area contributed by atoms with Crippen molar-refractivity contribution in [3.63, 3.8) is 0 Å². The zero-order valence-electron chi connectivity index (χ0n) is 14.8. The molecule has 0 saturated heterocycles. The summed E-state index contributed by atoms with van der Waals surface area (Å²) < 4.78 is 0. The summed E-state index contributed by atoms with van der Waals surface area (Å²) in [5.41, 5.74) is 5.25. The summed E-state index contributed by atoms with van der Waals surface area (Å²) in [6, 6.07) is 24.8. The standard InChI is InChI=1S/C22H21ClN2O2/c23-21-9-5-4-8-20(21)22(26)25-27-19-12-10-17(11-13-19)14-15-24-16-18-6-2-1-3-7-18/h1-13,24H,14-16H2,(H,25,26). The fourth-order valence-corrected chi connectivity index (χ4v) is 2.81. The Bertz CT molecular complexity index is 867. The highest BCUT2D eigenvalue weighted by Crippen LogP contribution is 2.15. The molecule has 138 valence electrons. The average molecular weight is 381 g/mol. The van der Waals surface area contributed by atoms with Gasteiger partial charge in [-0.3, -0.25) is 4.79 Å². The molecule has 4 nitrogen and oxygen atoms in total. The van der Waals surface area contributed by atoms with E-state index in [1.54, 1.807) is 24.3 Å². The van der Waals surface area contributed by atoms with Crippen LogP contribution in [0.4, 0.5) is 0 Å². The van der Waals surface area contributed by atoms with Crippen molar-refractivity contribution >= 4 is 17.5 Å². The second-order valence-corrected chi connectivity index (χ2v) is 6.48. The lowest BCUT2D eigenvalue weighted by Crippen LogP contribution is -2.27. The Hall–Kier alpha value is -2.82. The monoisotopic (exact) mass is 380 g/mol. The van der Waals surface area contributed by atoms with E-state index >= 15 is 0 Å².